The number of amides is 1. The first-order valence-electron chi connectivity index (χ1n) is 12.6. The van der Waals surface area contributed by atoms with E-state index in [1.54, 1.807) is 12.1 Å². The van der Waals surface area contributed by atoms with Gasteiger partial charge in [0.15, 0.2) is 29.7 Å². The van der Waals surface area contributed by atoms with Gasteiger partial charge in [-0.25, -0.2) is 0 Å². The second kappa shape index (κ2) is 11.1. The molecule has 0 radical (unpaired) electrons. The quantitative estimate of drug-likeness (QED) is 0.395. The van der Waals surface area contributed by atoms with Gasteiger partial charge in [-0.05, 0) is 72.2 Å². The average molecular weight is 613 g/mol. The van der Waals surface area contributed by atoms with Gasteiger partial charge in [-0.15, -0.1) is 0 Å². The first kappa shape index (κ1) is 25.5. The van der Waals surface area contributed by atoms with E-state index in [1.807, 2.05) is 37.3 Å². The average Bonchev–Trinajstić information content (AvgIpc) is 2.88. The third-order valence-corrected chi connectivity index (χ3v) is 7.51. The lowest BCUT2D eigenvalue weighted by Crippen LogP contribution is -2.30. The molecule has 0 unspecified atom stereocenters. The van der Waals surface area contributed by atoms with E-state index in [0.717, 1.165) is 22.0 Å². The number of ketones is 2. The summed E-state index contributed by atoms with van der Waals surface area (Å²) in [7, 11) is 0. The molecule has 2 aromatic rings. The zero-order valence-electron chi connectivity index (χ0n) is 20.6. The normalized spacial score (nSPS) is 17.7. The zero-order chi connectivity index (χ0) is 25.9. The minimum absolute atomic E-state index is 0.0297. The first-order valence-corrected chi connectivity index (χ1v) is 13.7. The Bertz CT molecular complexity index is 1270. The van der Waals surface area contributed by atoms with Crippen LogP contribution < -0.4 is 14.8 Å². The number of ether oxygens (including phenoxy) is 3. The molecular formula is C29H28INO6. The molecule has 0 spiro atoms. The highest BCUT2D eigenvalue weighted by Crippen LogP contribution is 2.49. The Morgan fingerprint density at radius 3 is 2.24 bits per heavy atom. The van der Waals surface area contributed by atoms with Gasteiger partial charge in [0.1, 0.15) is 11.5 Å². The number of halogens is 1. The topological polar surface area (TPSA) is 90.9 Å². The molecule has 0 saturated carbocycles. The van der Waals surface area contributed by atoms with Crippen LogP contribution in [0.1, 0.15) is 56.9 Å². The number of carbonyl (C=O) groups excluding carboxylic acids is 3. The highest BCUT2D eigenvalue weighted by molar-refractivity contribution is 14.1. The Morgan fingerprint density at radius 1 is 0.973 bits per heavy atom. The van der Waals surface area contributed by atoms with Crippen LogP contribution in [0.15, 0.2) is 65.1 Å². The molecular weight excluding hydrogens is 585 g/mol. The molecule has 1 N–H and O–H groups in total. The zero-order valence-corrected chi connectivity index (χ0v) is 22.8. The van der Waals surface area contributed by atoms with Crippen molar-refractivity contribution in [2.24, 2.45) is 0 Å². The molecule has 2 aromatic carbocycles. The summed E-state index contributed by atoms with van der Waals surface area (Å²) in [6.07, 6.45) is 3.78. The number of carbonyl (C=O) groups is 3. The van der Waals surface area contributed by atoms with E-state index in [9.17, 15) is 14.4 Å². The van der Waals surface area contributed by atoms with Crippen LogP contribution in [0.2, 0.25) is 0 Å². The molecule has 192 valence electrons. The standard InChI is InChI=1S/C29H28INO6/c1-2-35-24-15-17(14-19(30)29(24)36-16-25(34)31-18-8-4-3-5-9-18)26-27-20(32)10-6-12-22(27)37-23-13-7-11-21(33)28(23)26/h3-5,8-9,14-15,26H,2,6-7,10-13,16H2,1H3,(H,31,34). The molecule has 2 aliphatic carbocycles. The molecule has 1 heterocycles. The second-order valence-corrected chi connectivity index (χ2v) is 10.4. The Hall–Kier alpha value is -3.14. The Kier molecular flexibility index (Phi) is 7.64. The lowest BCUT2D eigenvalue weighted by atomic mass is 9.73. The van der Waals surface area contributed by atoms with E-state index in [2.05, 4.69) is 27.9 Å². The molecule has 8 heteroatoms. The number of anilines is 1. The van der Waals surface area contributed by atoms with E-state index in [4.69, 9.17) is 14.2 Å². The summed E-state index contributed by atoms with van der Waals surface area (Å²) in [5.41, 5.74) is 2.67. The van der Waals surface area contributed by atoms with Crippen molar-refractivity contribution in [1.82, 2.24) is 0 Å². The van der Waals surface area contributed by atoms with Crippen LogP contribution in [0, 0.1) is 3.57 Å². The number of para-hydroxylation sites is 1. The van der Waals surface area contributed by atoms with Crippen molar-refractivity contribution in [3.05, 3.63) is 74.3 Å². The molecule has 1 aliphatic heterocycles. The van der Waals surface area contributed by atoms with Gasteiger partial charge in [-0.2, -0.15) is 0 Å². The van der Waals surface area contributed by atoms with Crippen molar-refractivity contribution in [2.45, 2.75) is 51.4 Å². The van der Waals surface area contributed by atoms with Crippen LogP contribution in [-0.4, -0.2) is 30.7 Å². The molecule has 7 nitrogen and oxygen atoms in total. The second-order valence-electron chi connectivity index (χ2n) is 9.23. The lowest BCUT2D eigenvalue weighted by Gasteiger charge is -2.36. The highest BCUT2D eigenvalue weighted by Gasteiger charge is 2.42. The van der Waals surface area contributed by atoms with Crippen molar-refractivity contribution in [3.63, 3.8) is 0 Å². The van der Waals surface area contributed by atoms with Crippen molar-refractivity contribution >= 4 is 45.8 Å². The predicted molar refractivity (Wildman–Crippen MR) is 146 cm³/mol. The van der Waals surface area contributed by atoms with Crippen molar-refractivity contribution in [1.29, 1.82) is 0 Å². The minimum Gasteiger partial charge on any atom is -0.490 e. The van der Waals surface area contributed by atoms with Crippen LogP contribution in [0.3, 0.4) is 0 Å². The summed E-state index contributed by atoms with van der Waals surface area (Å²) in [5.74, 6) is 1.60. The molecule has 0 atom stereocenters. The van der Waals surface area contributed by atoms with Crippen LogP contribution >= 0.6 is 22.6 Å². The smallest absolute Gasteiger partial charge is 0.262 e. The van der Waals surface area contributed by atoms with E-state index in [-0.39, 0.29) is 24.1 Å². The van der Waals surface area contributed by atoms with Crippen molar-refractivity contribution < 1.29 is 28.6 Å². The summed E-state index contributed by atoms with van der Waals surface area (Å²) >= 11 is 2.15. The maximum Gasteiger partial charge on any atom is 0.262 e. The maximum atomic E-state index is 13.1. The Balaban J connectivity index is 1.49. The summed E-state index contributed by atoms with van der Waals surface area (Å²) in [4.78, 5) is 38.7. The molecule has 0 bridgehead atoms. The molecule has 5 rings (SSSR count). The van der Waals surface area contributed by atoms with Gasteiger partial charge in [0, 0.05) is 48.4 Å². The number of benzene rings is 2. The van der Waals surface area contributed by atoms with Crippen LogP contribution in [0.5, 0.6) is 11.5 Å². The molecule has 1 amide bonds. The van der Waals surface area contributed by atoms with Gasteiger partial charge in [0.05, 0.1) is 10.2 Å². The van der Waals surface area contributed by atoms with Gasteiger partial charge in [0.2, 0.25) is 0 Å². The molecule has 0 aromatic heterocycles. The molecule has 0 fully saturated rings. The SMILES string of the molecule is CCOc1cc(C2C3=C(CCCC3=O)OC3=C2C(=O)CCC3)cc(I)c1OCC(=O)Nc1ccccc1. The van der Waals surface area contributed by atoms with Gasteiger partial charge in [-0.3, -0.25) is 14.4 Å². The largest absolute Gasteiger partial charge is 0.490 e. The van der Waals surface area contributed by atoms with Crippen molar-refractivity contribution in [3.8, 4) is 11.5 Å². The maximum absolute atomic E-state index is 13.1. The fourth-order valence-corrected chi connectivity index (χ4v) is 5.95. The first-order chi connectivity index (χ1) is 18.0. The number of rotatable bonds is 7. The summed E-state index contributed by atoms with van der Waals surface area (Å²) in [6, 6.07) is 12.9. The Morgan fingerprint density at radius 2 is 1.62 bits per heavy atom. The third-order valence-electron chi connectivity index (χ3n) is 6.71. The predicted octanol–water partition coefficient (Wildman–Crippen LogP) is 5.84. The van der Waals surface area contributed by atoms with E-state index in [1.165, 1.54) is 0 Å². The molecule has 37 heavy (non-hydrogen) atoms. The number of hydrogen-bond donors (Lipinski definition) is 1. The van der Waals surface area contributed by atoms with Crippen LogP contribution in [0.4, 0.5) is 5.69 Å². The monoisotopic (exact) mass is 613 g/mol. The lowest BCUT2D eigenvalue weighted by molar-refractivity contribution is -0.119. The van der Waals surface area contributed by atoms with Gasteiger partial charge < -0.3 is 19.5 Å². The Labute approximate surface area is 229 Å². The number of Topliss-reactive ketones (excluding diaryl/α,β-unsaturated/α-hetero) is 2. The van der Waals surface area contributed by atoms with E-state index in [0.29, 0.717) is 72.1 Å². The van der Waals surface area contributed by atoms with Gasteiger partial charge in [0.25, 0.3) is 5.91 Å². The summed E-state index contributed by atoms with van der Waals surface area (Å²) in [5, 5.41) is 2.81. The molecule has 0 saturated heterocycles. The fraction of sp³-hybridized carbons (Fsp3) is 0.345. The fourth-order valence-electron chi connectivity index (χ4n) is 5.16. The third kappa shape index (κ3) is 5.30. The highest BCUT2D eigenvalue weighted by atomic mass is 127. The molecule has 3 aliphatic rings. The van der Waals surface area contributed by atoms with Gasteiger partial charge >= 0.3 is 0 Å². The number of nitrogens with one attached hydrogen (secondary N) is 1. The van der Waals surface area contributed by atoms with Crippen molar-refractivity contribution in [2.75, 3.05) is 18.5 Å². The number of allylic oxidation sites excluding steroid dienone is 4. The minimum atomic E-state index is -0.484. The van der Waals surface area contributed by atoms with Crippen LogP contribution in [-0.2, 0) is 19.1 Å². The van der Waals surface area contributed by atoms with Gasteiger partial charge in [-0.1, -0.05) is 18.2 Å². The number of hydrogen-bond acceptors (Lipinski definition) is 6. The summed E-state index contributed by atoms with van der Waals surface area (Å²) in [6.45, 7) is 2.07. The van der Waals surface area contributed by atoms with E-state index >= 15 is 0 Å². The summed E-state index contributed by atoms with van der Waals surface area (Å²) < 4.78 is 18.7. The van der Waals surface area contributed by atoms with Crippen LogP contribution in [0.25, 0.3) is 0 Å². The van der Waals surface area contributed by atoms with E-state index < -0.39 is 5.92 Å².